The number of aliphatic imine (C=N–C) groups is 1. The minimum absolute atomic E-state index is 0.0552. The SMILES string of the molecule is CN=C(NCc1ccc(C)c(F)c1)NC(C)(C)C. The van der Waals surface area contributed by atoms with Gasteiger partial charge in [0.05, 0.1) is 0 Å². The summed E-state index contributed by atoms with van der Waals surface area (Å²) in [5.74, 6) is 0.538. The van der Waals surface area contributed by atoms with E-state index in [1.54, 1.807) is 26.1 Å². The number of aryl methyl sites for hydroxylation is 1. The second kappa shape index (κ2) is 5.85. The quantitative estimate of drug-likeness (QED) is 0.626. The van der Waals surface area contributed by atoms with E-state index in [1.807, 2.05) is 6.07 Å². The maximum absolute atomic E-state index is 13.4. The van der Waals surface area contributed by atoms with Crippen LogP contribution in [0.2, 0.25) is 0 Å². The van der Waals surface area contributed by atoms with E-state index in [1.165, 1.54) is 0 Å². The van der Waals surface area contributed by atoms with E-state index in [9.17, 15) is 4.39 Å². The maximum Gasteiger partial charge on any atom is 0.191 e. The minimum Gasteiger partial charge on any atom is -0.352 e. The summed E-state index contributed by atoms with van der Waals surface area (Å²) in [5, 5.41) is 6.41. The number of rotatable bonds is 2. The van der Waals surface area contributed by atoms with Crippen LogP contribution in [0.15, 0.2) is 23.2 Å². The zero-order valence-electron chi connectivity index (χ0n) is 11.8. The summed E-state index contributed by atoms with van der Waals surface area (Å²) in [4.78, 5) is 4.13. The number of hydrogen-bond donors (Lipinski definition) is 2. The van der Waals surface area contributed by atoms with E-state index in [0.717, 1.165) is 5.56 Å². The number of guanidine groups is 1. The standard InChI is InChI=1S/C14H22FN3/c1-10-6-7-11(8-12(10)15)9-17-13(16-5)18-14(2,3)4/h6-8H,9H2,1-5H3,(H2,16,17,18). The highest BCUT2D eigenvalue weighted by Gasteiger charge is 2.11. The Bertz CT molecular complexity index is 433. The van der Waals surface area contributed by atoms with Crippen LogP contribution < -0.4 is 10.6 Å². The molecule has 1 aromatic rings. The molecule has 0 radical (unpaired) electrons. The van der Waals surface area contributed by atoms with E-state index in [0.29, 0.717) is 18.1 Å². The highest BCUT2D eigenvalue weighted by atomic mass is 19.1. The molecule has 0 bridgehead atoms. The molecule has 0 saturated carbocycles. The third-order valence-corrected chi connectivity index (χ3v) is 2.41. The Hall–Kier alpha value is -1.58. The summed E-state index contributed by atoms with van der Waals surface area (Å²) < 4.78 is 13.4. The summed E-state index contributed by atoms with van der Waals surface area (Å²) in [5.41, 5.74) is 1.51. The first-order chi connectivity index (χ1) is 8.31. The predicted octanol–water partition coefficient (Wildman–Crippen LogP) is 2.60. The molecule has 0 atom stereocenters. The van der Waals surface area contributed by atoms with Gasteiger partial charge in [-0.2, -0.15) is 0 Å². The van der Waals surface area contributed by atoms with Gasteiger partial charge in [0, 0.05) is 19.1 Å². The minimum atomic E-state index is -0.173. The van der Waals surface area contributed by atoms with Crippen molar-refractivity contribution in [2.24, 2.45) is 4.99 Å². The molecule has 0 saturated heterocycles. The molecular formula is C14H22FN3. The highest BCUT2D eigenvalue weighted by Crippen LogP contribution is 2.08. The normalized spacial score (nSPS) is 12.4. The smallest absolute Gasteiger partial charge is 0.191 e. The second-order valence-corrected chi connectivity index (χ2v) is 5.38. The molecule has 18 heavy (non-hydrogen) atoms. The van der Waals surface area contributed by atoms with Crippen molar-refractivity contribution in [3.05, 3.63) is 35.1 Å². The Morgan fingerprint density at radius 1 is 1.33 bits per heavy atom. The van der Waals surface area contributed by atoms with Gasteiger partial charge in [-0.25, -0.2) is 4.39 Å². The van der Waals surface area contributed by atoms with Crippen LogP contribution >= 0.6 is 0 Å². The zero-order valence-corrected chi connectivity index (χ0v) is 11.8. The first-order valence-corrected chi connectivity index (χ1v) is 6.05. The monoisotopic (exact) mass is 251 g/mol. The lowest BCUT2D eigenvalue weighted by atomic mass is 10.1. The number of nitrogens with one attached hydrogen (secondary N) is 2. The average Bonchev–Trinajstić information content (AvgIpc) is 2.27. The van der Waals surface area contributed by atoms with Crippen molar-refractivity contribution < 1.29 is 4.39 Å². The van der Waals surface area contributed by atoms with Crippen molar-refractivity contribution in [2.75, 3.05) is 7.05 Å². The summed E-state index contributed by atoms with van der Waals surface area (Å²) in [6.45, 7) is 8.49. The Morgan fingerprint density at radius 2 is 2.00 bits per heavy atom. The fourth-order valence-electron chi connectivity index (χ4n) is 1.47. The van der Waals surface area contributed by atoms with Crippen LogP contribution in [0.4, 0.5) is 4.39 Å². The van der Waals surface area contributed by atoms with Gasteiger partial charge in [-0.15, -0.1) is 0 Å². The Kier molecular flexibility index (Phi) is 4.70. The maximum atomic E-state index is 13.4. The van der Waals surface area contributed by atoms with E-state index < -0.39 is 0 Å². The van der Waals surface area contributed by atoms with Crippen LogP contribution in [0.5, 0.6) is 0 Å². The van der Waals surface area contributed by atoms with Crippen LogP contribution in [-0.2, 0) is 6.54 Å². The molecule has 100 valence electrons. The third-order valence-electron chi connectivity index (χ3n) is 2.41. The zero-order chi connectivity index (χ0) is 13.8. The van der Waals surface area contributed by atoms with E-state index in [-0.39, 0.29) is 11.4 Å². The molecule has 2 N–H and O–H groups in total. The number of hydrogen-bond acceptors (Lipinski definition) is 1. The van der Waals surface area contributed by atoms with Gasteiger partial charge >= 0.3 is 0 Å². The fraction of sp³-hybridized carbons (Fsp3) is 0.500. The number of halogens is 1. The molecule has 0 aliphatic heterocycles. The van der Waals surface area contributed by atoms with Crippen LogP contribution in [-0.4, -0.2) is 18.5 Å². The molecule has 0 fully saturated rings. The van der Waals surface area contributed by atoms with Crippen molar-refractivity contribution in [1.82, 2.24) is 10.6 Å². The number of nitrogens with zero attached hydrogens (tertiary/aromatic N) is 1. The summed E-state index contributed by atoms with van der Waals surface area (Å²) in [6, 6.07) is 5.24. The van der Waals surface area contributed by atoms with Gasteiger partial charge in [0.2, 0.25) is 0 Å². The first kappa shape index (κ1) is 14.5. The van der Waals surface area contributed by atoms with Crippen molar-refractivity contribution in [3.63, 3.8) is 0 Å². The number of benzene rings is 1. The van der Waals surface area contributed by atoms with Crippen LogP contribution in [0.25, 0.3) is 0 Å². The van der Waals surface area contributed by atoms with E-state index >= 15 is 0 Å². The molecule has 0 spiro atoms. The molecule has 3 nitrogen and oxygen atoms in total. The molecule has 0 aliphatic carbocycles. The second-order valence-electron chi connectivity index (χ2n) is 5.38. The Morgan fingerprint density at radius 3 is 2.50 bits per heavy atom. The average molecular weight is 251 g/mol. The van der Waals surface area contributed by atoms with Gasteiger partial charge in [-0.05, 0) is 44.9 Å². The fourth-order valence-corrected chi connectivity index (χ4v) is 1.47. The molecule has 1 rings (SSSR count). The van der Waals surface area contributed by atoms with Gasteiger partial charge in [0.1, 0.15) is 5.82 Å². The van der Waals surface area contributed by atoms with Crippen molar-refractivity contribution in [1.29, 1.82) is 0 Å². The lowest BCUT2D eigenvalue weighted by molar-refractivity contribution is 0.501. The summed E-state index contributed by atoms with van der Waals surface area (Å²) in [7, 11) is 1.72. The predicted molar refractivity (Wildman–Crippen MR) is 74.2 cm³/mol. The van der Waals surface area contributed by atoms with Crippen LogP contribution in [0.1, 0.15) is 31.9 Å². The Labute approximate surface area is 109 Å². The molecule has 0 unspecified atom stereocenters. The molecule has 4 heteroatoms. The molecular weight excluding hydrogens is 229 g/mol. The molecule has 0 aromatic heterocycles. The third kappa shape index (κ3) is 4.73. The first-order valence-electron chi connectivity index (χ1n) is 6.05. The molecule has 0 aliphatic rings. The van der Waals surface area contributed by atoms with Crippen molar-refractivity contribution in [3.8, 4) is 0 Å². The lowest BCUT2D eigenvalue weighted by Crippen LogP contribution is -2.47. The molecule has 1 aromatic carbocycles. The van der Waals surface area contributed by atoms with Gasteiger partial charge in [-0.1, -0.05) is 12.1 Å². The van der Waals surface area contributed by atoms with E-state index in [2.05, 4.69) is 36.4 Å². The van der Waals surface area contributed by atoms with Crippen molar-refractivity contribution in [2.45, 2.75) is 39.8 Å². The summed E-state index contributed by atoms with van der Waals surface area (Å²) >= 11 is 0. The van der Waals surface area contributed by atoms with Crippen LogP contribution in [0.3, 0.4) is 0 Å². The van der Waals surface area contributed by atoms with Gasteiger partial charge in [0.25, 0.3) is 0 Å². The summed E-state index contributed by atoms with van der Waals surface area (Å²) in [6.07, 6.45) is 0. The van der Waals surface area contributed by atoms with Gasteiger partial charge in [-0.3, -0.25) is 4.99 Å². The topological polar surface area (TPSA) is 36.4 Å². The van der Waals surface area contributed by atoms with Crippen LogP contribution in [0, 0.1) is 12.7 Å². The Balaban J connectivity index is 2.61. The highest BCUT2D eigenvalue weighted by molar-refractivity contribution is 5.80. The largest absolute Gasteiger partial charge is 0.352 e. The molecule has 0 heterocycles. The van der Waals surface area contributed by atoms with Crippen molar-refractivity contribution >= 4 is 5.96 Å². The van der Waals surface area contributed by atoms with Gasteiger partial charge in [0.15, 0.2) is 5.96 Å². The van der Waals surface area contributed by atoms with E-state index in [4.69, 9.17) is 0 Å². The van der Waals surface area contributed by atoms with Gasteiger partial charge < -0.3 is 10.6 Å². The molecule has 0 amide bonds. The lowest BCUT2D eigenvalue weighted by Gasteiger charge is -2.23.